The molecular weight excluding hydrogens is 424 g/mol. The number of amides is 2. The van der Waals surface area contributed by atoms with Crippen LogP contribution in [0.1, 0.15) is 51.7 Å². The Morgan fingerprint density at radius 2 is 0.971 bits per heavy atom. The van der Waals surface area contributed by atoms with Crippen LogP contribution in [0, 0.1) is 11.8 Å². The average molecular weight is 467 g/mol. The first-order chi connectivity index (χ1) is 16.4. The Balaban J connectivity index is 1.65. The Morgan fingerprint density at radius 3 is 1.29 bits per heavy atom. The van der Waals surface area contributed by atoms with Crippen LogP contribution >= 0.6 is 0 Å². The predicted octanol–water partition coefficient (Wildman–Crippen LogP) is 3.63. The standard InChI is InChI=1S/C28H42N4O2/c1-21(2)25(31-19-23-13-7-5-8-14-23)27(33)29-17-11-12-18-30-28(34)26(22(3)4)32-20-24-15-9-6-10-16-24/h5-10,13-16,21-22,25-26,31-32H,11-12,17-20H2,1-4H3,(H,29,33)(H,30,34)/t25-,26-/m0/s1. The Morgan fingerprint density at radius 1 is 0.618 bits per heavy atom. The fourth-order valence-corrected chi connectivity index (χ4v) is 3.80. The summed E-state index contributed by atoms with van der Waals surface area (Å²) in [5, 5.41) is 12.8. The second kappa shape index (κ2) is 15.3. The largest absolute Gasteiger partial charge is 0.355 e. The molecule has 2 rings (SSSR count). The maximum atomic E-state index is 12.6. The van der Waals surface area contributed by atoms with Crippen molar-refractivity contribution < 1.29 is 9.59 Å². The smallest absolute Gasteiger partial charge is 0.237 e. The molecular formula is C28H42N4O2. The van der Waals surface area contributed by atoms with Gasteiger partial charge in [-0.25, -0.2) is 0 Å². The van der Waals surface area contributed by atoms with E-state index in [1.807, 2.05) is 36.4 Å². The number of carbonyl (C=O) groups excluding carboxylic acids is 2. The minimum absolute atomic E-state index is 0.0277. The number of carbonyl (C=O) groups is 2. The number of hydrogen-bond acceptors (Lipinski definition) is 4. The molecule has 0 radical (unpaired) electrons. The van der Waals surface area contributed by atoms with Gasteiger partial charge < -0.3 is 21.3 Å². The molecule has 0 heterocycles. The molecule has 0 aliphatic carbocycles. The molecule has 0 aliphatic heterocycles. The first kappa shape index (κ1) is 27.5. The van der Waals surface area contributed by atoms with Crippen molar-refractivity contribution in [2.75, 3.05) is 13.1 Å². The molecule has 2 atom stereocenters. The zero-order valence-electron chi connectivity index (χ0n) is 21.1. The van der Waals surface area contributed by atoms with Crippen molar-refractivity contribution in [3.63, 3.8) is 0 Å². The minimum atomic E-state index is -0.234. The third-order valence-electron chi connectivity index (χ3n) is 5.84. The molecule has 4 N–H and O–H groups in total. The van der Waals surface area contributed by atoms with Crippen LogP contribution < -0.4 is 21.3 Å². The molecule has 34 heavy (non-hydrogen) atoms. The Bertz CT molecular complexity index is 768. The number of hydrogen-bond donors (Lipinski definition) is 4. The van der Waals surface area contributed by atoms with E-state index in [-0.39, 0.29) is 35.7 Å². The van der Waals surface area contributed by atoms with Crippen molar-refractivity contribution in [3.8, 4) is 0 Å². The lowest BCUT2D eigenvalue weighted by atomic mass is 10.0. The first-order valence-corrected chi connectivity index (χ1v) is 12.5. The minimum Gasteiger partial charge on any atom is -0.355 e. The van der Waals surface area contributed by atoms with Crippen molar-refractivity contribution in [3.05, 3.63) is 71.8 Å². The van der Waals surface area contributed by atoms with E-state index < -0.39 is 0 Å². The van der Waals surface area contributed by atoms with Crippen molar-refractivity contribution >= 4 is 11.8 Å². The van der Waals surface area contributed by atoms with Gasteiger partial charge >= 0.3 is 0 Å². The lowest BCUT2D eigenvalue weighted by Crippen LogP contribution is -2.48. The van der Waals surface area contributed by atoms with Gasteiger partial charge in [0.15, 0.2) is 0 Å². The van der Waals surface area contributed by atoms with Gasteiger partial charge in [-0.05, 0) is 35.8 Å². The van der Waals surface area contributed by atoms with Crippen LogP contribution in [0.4, 0.5) is 0 Å². The molecule has 2 aromatic carbocycles. The van der Waals surface area contributed by atoms with Crippen LogP contribution in [0.15, 0.2) is 60.7 Å². The second-order valence-corrected chi connectivity index (χ2v) is 9.47. The van der Waals surface area contributed by atoms with E-state index in [0.29, 0.717) is 26.2 Å². The molecule has 0 fully saturated rings. The third-order valence-corrected chi connectivity index (χ3v) is 5.84. The summed E-state index contributed by atoms with van der Waals surface area (Å²) in [6.07, 6.45) is 1.64. The van der Waals surface area contributed by atoms with E-state index in [1.54, 1.807) is 0 Å². The normalized spacial score (nSPS) is 13.0. The summed E-state index contributed by atoms with van der Waals surface area (Å²) >= 11 is 0. The number of unbranched alkanes of at least 4 members (excludes halogenated alkanes) is 1. The van der Waals surface area contributed by atoms with E-state index in [1.165, 1.54) is 0 Å². The van der Waals surface area contributed by atoms with Gasteiger partial charge in [-0.3, -0.25) is 9.59 Å². The van der Waals surface area contributed by atoms with Crippen LogP contribution in [-0.2, 0) is 22.7 Å². The molecule has 0 bridgehead atoms. The number of rotatable bonds is 15. The zero-order valence-corrected chi connectivity index (χ0v) is 21.1. The highest BCUT2D eigenvalue weighted by atomic mass is 16.2. The van der Waals surface area contributed by atoms with Gasteiger partial charge in [0.25, 0.3) is 0 Å². The molecule has 2 aromatic rings. The van der Waals surface area contributed by atoms with Crippen LogP contribution in [0.25, 0.3) is 0 Å². The van der Waals surface area contributed by atoms with Crippen molar-refractivity contribution in [1.29, 1.82) is 0 Å². The van der Waals surface area contributed by atoms with Crippen molar-refractivity contribution in [2.45, 2.75) is 65.7 Å². The summed E-state index contributed by atoms with van der Waals surface area (Å²) in [5.41, 5.74) is 2.32. The van der Waals surface area contributed by atoms with Gasteiger partial charge in [0.2, 0.25) is 11.8 Å². The maximum absolute atomic E-state index is 12.6. The van der Waals surface area contributed by atoms with E-state index in [2.05, 4.69) is 73.2 Å². The Labute approximate surface area is 205 Å². The van der Waals surface area contributed by atoms with Crippen molar-refractivity contribution in [2.24, 2.45) is 11.8 Å². The Kier molecular flexibility index (Phi) is 12.4. The second-order valence-electron chi connectivity index (χ2n) is 9.47. The molecule has 0 aliphatic rings. The summed E-state index contributed by atoms with van der Waals surface area (Å²) in [6.45, 7) is 10.7. The van der Waals surface area contributed by atoms with E-state index in [4.69, 9.17) is 0 Å². The lowest BCUT2D eigenvalue weighted by molar-refractivity contribution is -0.125. The molecule has 0 unspecified atom stereocenters. The van der Waals surface area contributed by atoms with E-state index in [9.17, 15) is 9.59 Å². The molecule has 0 saturated carbocycles. The van der Waals surface area contributed by atoms with E-state index >= 15 is 0 Å². The predicted molar refractivity (Wildman–Crippen MR) is 139 cm³/mol. The van der Waals surface area contributed by atoms with Gasteiger partial charge in [0, 0.05) is 26.2 Å². The summed E-state index contributed by atoms with van der Waals surface area (Å²) in [7, 11) is 0. The molecule has 186 valence electrons. The summed E-state index contributed by atoms with van der Waals surface area (Å²) in [4.78, 5) is 25.3. The van der Waals surface area contributed by atoms with Gasteiger partial charge in [-0.2, -0.15) is 0 Å². The van der Waals surface area contributed by atoms with Gasteiger partial charge in [0.05, 0.1) is 12.1 Å². The van der Waals surface area contributed by atoms with Gasteiger partial charge in [0.1, 0.15) is 0 Å². The zero-order chi connectivity index (χ0) is 24.8. The fraction of sp³-hybridized carbons (Fsp3) is 0.500. The topological polar surface area (TPSA) is 82.3 Å². The fourth-order valence-electron chi connectivity index (χ4n) is 3.80. The molecule has 6 heteroatoms. The lowest BCUT2D eigenvalue weighted by Gasteiger charge is -2.22. The van der Waals surface area contributed by atoms with Crippen LogP contribution in [-0.4, -0.2) is 37.0 Å². The third kappa shape index (κ3) is 10.1. The van der Waals surface area contributed by atoms with Gasteiger partial charge in [-0.1, -0.05) is 88.4 Å². The molecule has 2 amide bonds. The summed E-state index contributed by atoms with van der Waals surface area (Å²) in [6, 6.07) is 19.7. The average Bonchev–Trinajstić information content (AvgIpc) is 2.82. The Hall–Kier alpha value is -2.70. The number of benzene rings is 2. The molecule has 0 spiro atoms. The molecule has 6 nitrogen and oxygen atoms in total. The van der Waals surface area contributed by atoms with E-state index in [0.717, 1.165) is 24.0 Å². The molecule has 0 saturated heterocycles. The highest BCUT2D eigenvalue weighted by Gasteiger charge is 2.22. The monoisotopic (exact) mass is 466 g/mol. The van der Waals surface area contributed by atoms with Crippen LogP contribution in [0.3, 0.4) is 0 Å². The summed E-state index contributed by atoms with van der Waals surface area (Å²) in [5.74, 6) is 0.443. The van der Waals surface area contributed by atoms with Crippen molar-refractivity contribution in [1.82, 2.24) is 21.3 Å². The van der Waals surface area contributed by atoms with Crippen LogP contribution in [0.5, 0.6) is 0 Å². The maximum Gasteiger partial charge on any atom is 0.237 e. The van der Waals surface area contributed by atoms with Crippen LogP contribution in [0.2, 0.25) is 0 Å². The number of nitrogens with one attached hydrogen (secondary N) is 4. The quantitative estimate of drug-likeness (QED) is 0.302. The highest BCUT2D eigenvalue weighted by molar-refractivity contribution is 5.82. The molecule has 0 aromatic heterocycles. The first-order valence-electron chi connectivity index (χ1n) is 12.5. The summed E-state index contributed by atoms with van der Waals surface area (Å²) < 4.78 is 0. The highest BCUT2D eigenvalue weighted by Crippen LogP contribution is 2.06. The SMILES string of the molecule is CC(C)[C@H](NCc1ccccc1)C(=O)NCCCCNC(=O)[C@@H](NCc1ccccc1)C(C)C. The van der Waals surface area contributed by atoms with Gasteiger partial charge in [-0.15, -0.1) is 0 Å².